The van der Waals surface area contributed by atoms with Crippen LogP contribution in [0.4, 0.5) is 0 Å². The molecule has 0 fully saturated rings. The molecule has 0 spiro atoms. The molecular weight excluding hydrogens is 568 g/mol. The topological polar surface area (TPSA) is 55.4 Å². The Bertz CT molecular complexity index is 966. The van der Waals surface area contributed by atoms with Crippen molar-refractivity contribution in [3.8, 4) is 34.5 Å². The molecule has 0 heterocycles. The van der Waals surface area contributed by atoms with E-state index in [1.54, 1.807) is 42.7 Å². The maximum Gasteiger partial charge on any atom is 0.203 e. The number of ether oxygens (including phenoxy) is 6. The molecule has 0 aromatic heterocycles. The molecule has 0 bridgehead atoms. The summed E-state index contributed by atoms with van der Waals surface area (Å²) in [6.07, 6.45) is 5.62. The Hall–Kier alpha value is -2.32. The van der Waals surface area contributed by atoms with Gasteiger partial charge in [0.15, 0.2) is 23.0 Å². The number of allylic oxidation sites excluding steroid dienone is 4. The highest BCUT2D eigenvalue weighted by atomic mass is 79.9. The van der Waals surface area contributed by atoms with E-state index in [4.69, 9.17) is 28.4 Å². The van der Waals surface area contributed by atoms with Crippen molar-refractivity contribution in [3.63, 3.8) is 0 Å². The van der Waals surface area contributed by atoms with Crippen molar-refractivity contribution in [2.75, 3.05) is 53.3 Å². The van der Waals surface area contributed by atoms with Crippen LogP contribution in [0.1, 0.15) is 11.1 Å². The highest BCUT2D eigenvalue weighted by Gasteiger charge is 2.17. The first-order valence-electron chi connectivity index (χ1n) is 10.6. The lowest BCUT2D eigenvalue weighted by Crippen LogP contribution is -2.03. The van der Waals surface area contributed by atoms with Crippen LogP contribution < -0.4 is 28.4 Å². The fourth-order valence-corrected chi connectivity index (χ4v) is 4.42. The van der Waals surface area contributed by atoms with Crippen molar-refractivity contribution >= 4 is 31.9 Å². The van der Waals surface area contributed by atoms with Gasteiger partial charge in [0.05, 0.1) is 42.7 Å². The summed E-state index contributed by atoms with van der Waals surface area (Å²) in [6, 6.07) is 7.92. The molecule has 0 aliphatic carbocycles. The molecule has 8 heteroatoms. The molecule has 0 saturated heterocycles. The van der Waals surface area contributed by atoms with Crippen LogP contribution in [0, 0.1) is 0 Å². The van der Waals surface area contributed by atoms with Gasteiger partial charge in [-0.1, -0.05) is 49.6 Å². The number of methoxy groups -OCH3 is 6. The van der Waals surface area contributed by atoms with Crippen LogP contribution in [-0.2, 0) is 12.8 Å². The number of benzene rings is 2. The normalized spacial score (nSPS) is 11.8. The lowest BCUT2D eigenvalue weighted by atomic mass is 9.95. The summed E-state index contributed by atoms with van der Waals surface area (Å²) < 4.78 is 33.1. The SMILES string of the molecule is COc1cc(CC(/C=C/CBr)=C(\CBr)Cc2cc(OC)c(OC)c(OC)c2)cc(OC)c1OC. The van der Waals surface area contributed by atoms with Crippen LogP contribution in [0.25, 0.3) is 0 Å². The summed E-state index contributed by atoms with van der Waals surface area (Å²) in [6.45, 7) is 0. The molecule has 0 N–H and O–H groups in total. The van der Waals surface area contributed by atoms with E-state index < -0.39 is 0 Å². The Morgan fingerprint density at radius 1 is 0.647 bits per heavy atom. The summed E-state index contributed by atoms with van der Waals surface area (Å²) in [4.78, 5) is 0. The average molecular weight is 600 g/mol. The van der Waals surface area contributed by atoms with Gasteiger partial charge in [-0.2, -0.15) is 0 Å². The van der Waals surface area contributed by atoms with Crippen molar-refractivity contribution < 1.29 is 28.4 Å². The van der Waals surface area contributed by atoms with Crippen molar-refractivity contribution in [2.24, 2.45) is 0 Å². The summed E-state index contributed by atoms with van der Waals surface area (Å²) in [5, 5.41) is 1.46. The van der Waals surface area contributed by atoms with Gasteiger partial charge in [-0.05, 0) is 53.8 Å². The van der Waals surface area contributed by atoms with E-state index >= 15 is 0 Å². The monoisotopic (exact) mass is 598 g/mol. The lowest BCUT2D eigenvalue weighted by molar-refractivity contribution is 0.324. The van der Waals surface area contributed by atoms with Crippen LogP contribution in [-0.4, -0.2) is 53.3 Å². The predicted octanol–water partition coefficient (Wildman–Crippen LogP) is 6.17. The largest absolute Gasteiger partial charge is 0.493 e. The van der Waals surface area contributed by atoms with Crippen molar-refractivity contribution in [2.45, 2.75) is 12.8 Å². The minimum atomic E-state index is 0.577. The van der Waals surface area contributed by atoms with Gasteiger partial charge < -0.3 is 28.4 Å². The van der Waals surface area contributed by atoms with E-state index in [-0.39, 0.29) is 0 Å². The molecule has 34 heavy (non-hydrogen) atoms. The third-order valence-corrected chi connectivity index (χ3v) is 6.34. The second-order valence-electron chi connectivity index (χ2n) is 7.24. The summed E-state index contributed by atoms with van der Waals surface area (Å²) in [5.74, 6) is 3.68. The number of rotatable bonds is 13. The molecule has 2 rings (SSSR count). The molecular formula is C26H32Br2O6. The predicted molar refractivity (Wildman–Crippen MR) is 143 cm³/mol. The minimum absolute atomic E-state index is 0.577. The van der Waals surface area contributed by atoms with E-state index in [0.29, 0.717) is 52.7 Å². The Labute approximate surface area is 219 Å². The molecule has 0 aliphatic heterocycles. The maximum atomic E-state index is 5.54. The average Bonchev–Trinajstić information content (AvgIpc) is 2.88. The molecule has 0 radical (unpaired) electrons. The molecule has 0 aliphatic rings. The minimum Gasteiger partial charge on any atom is -0.493 e. The van der Waals surface area contributed by atoms with E-state index in [1.807, 2.05) is 24.3 Å². The molecule has 0 unspecified atom stereocenters. The van der Waals surface area contributed by atoms with E-state index in [1.165, 1.54) is 11.1 Å². The molecule has 6 nitrogen and oxygen atoms in total. The fourth-order valence-electron chi connectivity index (χ4n) is 3.68. The Morgan fingerprint density at radius 2 is 1.06 bits per heavy atom. The number of hydrogen-bond donors (Lipinski definition) is 0. The second-order valence-corrected chi connectivity index (χ2v) is 8.45. The van der Waals surface area contributed by atoms with Gasteiger partial charge in [0.1, 0.15) is 0 Å². The van der Waals surface area contributed by atoms with Crippen molar-refractivity contribution in [1.82, 2.24) is 0 Å². The van der Waals surface area contributed by atoms with Crippen LogP contribution in [0.3, 0.4) is 0 Å². The van der Waals surface area contributed by atoms with Gasteiger partial charge in [-0.3, -0.25) is 0 Å². The lowest BCUT2D eigenvalue weighted by Gasteiger charge is -2.17. The van der Waals surface area contributed by atoms with Crippen molar-refractivity contribution in [3.05, 3.63) is 58.7 Å². The van der Waals surface area contributed by atoms with Gasteiger partial charge in [-0.25, -0.2) is 0 Å². The highest BCUT2D eigenvalue weighted by Crippen LogP contribution is 2.40. The van der Waals surface area contributed by atoms with Crippen LogP contribution in [0.2, 0.25) is 0 Å². The van der Waals surface area contributed by atoms with E-state index in [0.717, 1.165) is 16.5 Å². The Balaban J connectivity index is 2.55. The smallest absolute Gasteiger partial charge is 0.203 e. The number of alkyl halides is 2. The van der Waals surface area contributed by atoms with Crippen LogP contribution in [0.15, 0.2) is 47.6 Å². The molecule has 186 valence electrons. The summed E-state index contributed by atoms with van der Waals surface area (Å²) in [7, 11) is 9.69. The van der Waals surface area contributed by atoms with E-state index in [9.17, 15) is 0 Å². The first-order valence-corrected chi connectivity index (χ1v) is 12.8. The number of hydrogen-bond acceptors (Lipinski definition) is 6. The van der Waals surface area contributed by atoms with Gasteiger partial charge in [-0.15, -0.1) is 0 Å². The second kappa shape index (κ2) is 14.2. The first-order chi connectivity index (χ1) is 16.5. The van der Waals surface area contributed by atoms with Crippen LogP contribution in [0.5, 0.6) is 34.5 Å². The zero-order valence-corrected chi connectivity index (χ0v) is 23.7. The quantitative estimate of drug-likeness (QED) is 0.203. The molecule has 2 aromatic rings. The fraction of sp³-hybridized carbons (Fsp3) is 0.385. The summed E-state index contributed by atoms with van der Waals surface area (Å²) in [5.41, 5.74) is 4.50. The van der Waals surface area contributed by atoms with Gasteiger partial charge in [0.25, 0.3) is 0 Å². The zero-order chi connectivity index (χ0) is 25.1. The van der Waals surface area contributed by atoms with Gasteiger partial charge in [0, 0.05) is 10.7 Å². The highest BCUT2D eigenvalue weighted by molar-refractivity contribution is 9.09. The van der Waals surface area contributed by atoms with Gasteiger partial charge >= 0.3 is 0 Å². The molecule has 0 atom stereocenters. The first kappa shape index (κ1) is 27.9. The standard InChI is InChI=1S/C26H32Br2O6/c1-29-21-12-17(13-22(30-2)25(21)33-5)10-19(8-7-9-27)20(16-28)11-18-14-23(31-3)26(34-6)24(15-18)32-4/h7-8,12-15H,9-11,16H2,1-6H3/b8-7+,20-19-. The molecule has 2 aromatic carbocycles. The molecule has 0 saturated carbocycles. The Morgan fingerprint density at radius 3 is 1.38 bits per heavy atom. The van der Waals surface area contributed by atoms with E-state index in [2.05, 4.69) is 44.0 Å². The molecule has 0 amide bonds. The van der Waals surface area contributed by atoms with Crippen molar-refractivity contribution in [1.29, 1.82) is 0 Å². The third kappa shape index (κ3) is 6.85. The summed E-state index contributed by atoms with van der Waals surface area (Å²) >= 11 is 7.19. The zero-order valence-electron chi connectivity index (χ0n) is 20.5. The van der Waals surface area contributed by atoms with Crippen LogP contribution >= 0.6 is 31.9 Å². The number of halogens is 2. The third-order valence-electron chi connectivity index (χ3n) is 5.28. The Kier molecular flexibility index (Phi) is 11.6. The maximum absolute atomic E-state index is 5.54. The van der Waals surface area contributed by atoms with Gasteiger partial charge in [0.2, 0.25) is 11.5 Å².